The molecule has 152 valence electrons. The van der Waals surface area contributed by atoms with Crippen LogP contribution in [-0.4, -0.2) is 57.8 Å². The minimum absolute atomic E-state index is 0.870. The van der Waals surface area contributed by atoms with Crippen LogP contribution < -0.4 is 0 Å². The van der Waals surface area contributed by atoms with Crippen molar-refractivity contribution in [2.75, 3.05) is 40.0 Å². The van der Waals surface area contributed by atoms with Crippen LogP contribution in [0.5, 0.6) is 0 Å². The summed E-state index contributed by atoms with van der Waals surface area (Å²) in [5.74, 6) is 0. The monoisotopic (exact) mass is 381 g/mol. The van der Waals surface area contributed by atoms with Gasteiger partial charge in [0.15, 0.2) is 0 Å². The van der Waals surface area contributed by atoms with Crippen LogP contribution in [0.2, 0.25) is 0 Å². The average molecular weight is 382 g/mol. The van der Waals surface area contributed by atoms with Gasteiger partial charge in [-0.05, 0) is 13.0 Å². The fourth-order valence-corrected chi connectivity index (χ4v) is 2.82. The van der Waals surface area contributed by atoms with E-state index in [4.69, 9.17) is 9.29 Å². The van der Waals surface area contributed by atoms with E-state index in [-0.39, 0.29) is 0 Å². The van der Waals surface area contributed by atoms with Crippen LogP contribution >= 0.6 is 0 Å². The molecule has 0 bridgehead atoms. The Bertz CT molecular complexity index is 370. The first-order valence-electron chi connectivity index (χ1n) is 9.82. The molecule has 0 aromatic rings. The Morgan fingerprint density at radius 1 is 0.880 bits per heavy atom. The molecule has 25 heavy (non-hydrogen) atoms. The lowest BCUT2D eigenvalue weighted by Crippen LogP contribution is -2.36. The molecule has 0 aromatic heterocycles. The molecule has 0 unspecified atom stereocenters. The third-order valence-electron chi connectivity index (χ3n) is 4.39. The maximum absolute atomic E-state index is 9.33. The Kier molecular flexibility index (Phi) is 17.1. The van der Waals surface area contributed by atoms with Crippen molar-refractivity contribution in [3.63, 3.8) is 0 Å². The SMILES string of the molecule is CCCCCCCCCCCCCN1CCOCC1.COS(=O)(=O)O. The van der Waals surface area contributed by atoms with Crippen LogP contribution in [0.4, 0.5) is 0 Å². The van der Waals surface area contributed by atoms with E-state index in [1.165, 1.54) is 77.2 Å². The molecule has 0 aromatic carbocycles. The van der Waals surface area contributed by atoms with Gasteiger partial charge < -0.3 is 4.74 Å². The summed E-state index contributed by atoms with van der Waals surface area (Å²) in [5, 5.41) is 0. The number of hydrogen-bond donors (Lipinski definition) is 1. The van der Waals surface area contributed by atoms with E-state index in [0.717, 1.165) is 33.4 Å². The van der Waals surface area contributed by atoms with Gasteiger partial charge >= 0.3 is 10.4 Å². The molecule has 0 amide bonds. The van der Waals surface area contributed by atoms with E-state index < -0.39 is 10.4 Å². The highest BCUT2D eigenvalue weighted by molar-refractivity contribution is 7.80. The van der Waals surface area contributed by atoms with Crippen molar-refractivity contribution in [1.82, 2.24) is 4.90 Å². The summed E-state index contributed by atoms with van der Waals surface area (Å²) in [4.78, 5) is 2.55. The zero-order valence-electron chi connectivity index (χ0n) is 16.2. The molecule has 6 nitrogen and oxygen atoms in total. The molecule has 1 heterocycles. The predicted molar refractivity (Wildman–Crippen MR) is 102 cm³/mol. The molecule has 0 saturated carbocycles. The first-order chi connectivity index (χ1) is 12.0. The fourth-order valence-electron chi connectivity index (χ4n) is 2.82. The second kappa shape index (κ2) is 17.2. The lowest BCUT2D eigenvalue weighted by molar-refractivity contribution is 0.0371. The minimum Gasteiger partial charge on any atom is -0.379 e. The van der Waals surface area contributed by atoms with Gasteiger partial charge in [-0.3, -0.25) is 13.6 Å². The Morgan fingerprint density at radius 3 is 1.68 bits per heavy atom. The van der Waals surface area contributed by atoms with E-state index in [1.807, 2.05) is 0 Å². The van der Waals surface area contributed by atoms with Gasteiger partial charge in [0.05, 0.1) is 20.3 Å². The Hall–Kier alpha value is -0.210. The molecule has 1 aliphatic rings. The van der Waals surface area contributed by atoms with Gasteiger partial charge in [0.25, 0.3) is 0 Å². The van der Waals surface area contributed by atoms with Crippen LogP contribution in [0.3, 0.4) is 0 Å². The number of rotatable bonds is 13. The number of nitrogens with zero attached hydrogens (tertiary/aromatic N) is 1. The predicted octanol–water partition coefficient (Wildman–Crippen LogP) is 4.07. The van der Waals surface area contributed by atoms with E-state index in [2.05, 4.69) is 16.0 Å². The molecule has 1 aliphatic heterocycles. The van der Waals surface area contributed by atoms with Gasteiger partial charge in [0, 0.05) is 13.1 Å². The van der Waals surface area contributed by atoms with Crippen molar-refractivity contribution < 1.29 is 21.9 Å². The Balaban J connectivity index is 0.000000823. The molecule has 1 saturated heterocycles. The maximum atomic E-state index is 9.33. The molecule has 1 fully saturated rings. The highest BCUT2D eigenvalue weighted by atomic mass is 32.3. The third-order valence-corrected chi connectivity index (χ3v) is 4.81. The van der Waals surface area contributed by atoms with Crippen molar-refractivity contribution in [3.05, 3.63) is 0 Å². The van der Waals surface area contributed by atoms with E-state index in [1.54, 1.807) is 0 Å². The van der Waals surface area contributed by atoms with E-state index in [0.29, 0.717) is 0 Å². The van der Waals surface area contributed by atoms with Crippen molar-refractivity contribution in [2.45, 2.75) is 77.6 Å². The lowest BCUT2D eigenvalue weighted by atomic mass is 10.1. The zero-order chi connectivity index (χ0) is 18.8. The van der Waals surface area contributed by atoms with E-state index >= 15 is 0 Å². The Morgan fingerprint density at radius 2 is 1.28 bits per heavy atom. The van der Waals surface area contributed by atoms with Crippen molar-refractivity contribution in [2.24, 2.45) is 0 Å². The molecular weight excluding hydrogens is 342 g/mol. The van der Waals surface area contributed by atoms with Crippen molar-refractivity contribution in [3.8, 4) is 0 Å². The first kappa shape index (κ1) is 24.8. The summed E-state index contributed by atoms with van der Waals surface area (Å²) < 4.78 is 35.1. The van der Waals surface area contributed by atoms with Gasteiger partial charge in [-0.15, -0.1) is 0 Å². The number of unbranched alkanes of at least 4 members (excludes halogenated alkanes) is 10. The van der Waals surface area contributed by atoms with Crippen LogP contribution in [-0.2, 0) is 19.3 Å². The highest BCUT2D eigenvalue weighted by Crippen LogP contribution is 2.11. The van der Waals surface area contributed by atoms with Crippen molar-refractivity contribution in [1.29, 1.82) is 0 Å². The van der Waals surface area contributed by atoms with Gasteiger partial charge in [-0.2, -0.15) is 8.42 Å². The third kappa shape index (κ3) is 20.0. The Labute approximate surface area is 155 Å². The summed E-state index contributed by atoms with van der Waals surface area (Å²) in [6.45, 7) is 7.77. The average Bonchev–Trinajstić information content (AvgIpc) is 2.60. The molecule has 7 heteroatoms. The van der Waals surface area contributed by atoms with Gasteiger partial charge in [-0.25, -0.2) is 0 Å². The molecule has 1 rings (SSSR count). The van der Waals surface area contributed by atoms with Crippen LogP contribution in [0, 0.1) is 0 Å². The summed E-state index contributed by atoms with van der Waals surface area (Å²) in [6, 6.07) is 0. The highest BCUT2D eigenvalue weighted by Gasteiger charge is 2.08. The summed E-state index contributed by atoms with van der Waals surface area (Å²) in [7, 11) is -3.29. The zero-order valence-corrected chi connectivity index (χ0v) is 17.1. The smallest absolute Gasteiger partial charge is 0.379 e. The summed E-state index contributed by atoms with van der Waals surface area (Å²) >= 11 is 0. The van der Waals surface area contributed by atoms with Gasteiger partial charge in [-0.1, -0.05) is 71.1 Å². The summed E-state index contributed by atoms with van der Waals surface area (Å²) in [6.07, 6.45) is 15.8. The molecule has 0 spiro atoms. The molecular formula is C18H39NO5S. The second-order valence-electron chi connectivity index (χ2n) is 6.58. The molecule has 0 atom stereocenters. The minimum atomic E-state index is -4.16. The van der Waals surface area contributed by atoms with Crippen LogP contribution in [0.15, 0.2) is 0 Å². The molecule has 1 N–H and O–H groups in total. The van der Waals surface area contributed by atoms with Gasteiger partial charge in [0.1, 0.15) is 0 Å². The standard InChI is InChI=1S/C17H35NO.CH4O4S/c1-2-3-4-5-6-7-8-9-10-11-12-13-18-14-16-19-17-15-18;1-5-6(2,3)4/h2-17H2,1H3;1H3,(H,2,3,4). The van der Waals surface area contributed by atoms with Crippen LogP contribution in [0.1, 0.15) is 77.6 Å². The van der Waals surface area contributed by atoms with E-state index in [9.17, 15) is 8.42 Å². The quantitative estimate of drug-likeness (QED) is 0.383. The summed E-state index contributed by atoms with van der Waals surface area (Å²) in [5.41, 5.74) is 0. The number of morpholine rings is 1. The molecule has 0 radical (unpaired) electrons. The van der Waals surface area contributed by atoms with Gasteiger partial charge in [0.2, 0.25) is 0 Å². The second-order valence-corrected chi connectivity index (χ2v) is 7.77. The maximum Gasteiger partial charge on any atom is 0.397 e. The fraction of sp³-hybridized carbons (Fsp3) is 1.00. The van der Waals surface area contributed by atoms with Crippen molar-refractivity contribution >= 4 is 10.4 Å². The lowest BCUT2D eigenvalue weighted by Gasteiger charge is -2.26. The topological polar surface area (TPSA) is 76.1 Å². The molecule has 0 aliphatic carbocycles. The number of ether oxygens (including phenoxy) is 1. The first-order valence-corrected chi connectivity index (χ1v) is 11.2. The normalized spacial score (nSPS) is 15.6. The van der Waals surface area contributed by atoms with Crippen LogP contribution in [0.25, 0.3) is 0 Å². The largest absolute Gasteiger partial charge is 0.397 e. The number of hydrogen-bond acceptors (Lipinski definition) is 5.